The molecule has 1 aliphatic rings. The van der Waals surface area contributed by atoms with E-state index in [2.05, 4.69) is 0 Å². The van der Waals surface area contributed by atoms with Crippen molar-refractivity contribution >= 4 is 34.6 Å². The molecule has 4 rings (SSSR count). The van der Waals surface area contributed by atoms with E-state index in [0.717, 1.165) is 33.6 Å². The van der Waals surface area contributed by atoms with Gasteiger partial charge in [-0.3, -0.25) is 4.79 Å². The minimum atomic E-state index is -0.945. The Morgan fingerprint density at radius 1 is 0.903 bits per heavy atom. The highest BCUT2D eigenvalue weighted by Crippen LogP contribution is 2.43. The zero-order valence-corrected chi connectivity index (χ0v) is 17.2. The lowest BCUT2D eigenvalue weighted by Crippen LogP contribution is -2.09. The van der Waals surface area contributed by atoms with Crippen molar-refractivity contribution in [1.82, 2.24) is 0 Å². The maximum absolute atomic E-state index is 13.8. The van der Waals surface area contributed by atoms with Crippen LogP contribution in [0.15, 0.2) is 72.3 Å². The molecule has 3 nitrogen and oxygen atoms in total. The number of anilines is 2. The van der Waals surface area contributed by atoms with Crippen molar-refractivity contribution in [3.63, 3.8) is 0 Å². The molecule has 0 aliphatic heterocycles. The molecule has 0 fully saturated rings. The third kappa shape index (κ3) is 4.12. The third-order valence-electron chi connectivity index (χ3n) is 5.59. The zero-order chi connectivity index (χ0) is 22.1. The van der Waals surface area contributed by atoms with Crippen LogP contribution < -0.4 is 4.90 Å². The highest BCUT2D eigenvalue weighted by molar-refractivity contribution is 6.07. The summed E-state index contributed by atoms with van der Waals surface area (Å²) >= 11 is 0. The van der Waals surface area contributed by atoms with Crippen LogP contribution in [0.2, 0.25) is 0 Å². The van der Waals surface area contributed by atoms with E-state index in [0.29, 0.717) is 11.1 Å². The Kier molecular flexibility index (Phi) is 5.42. The van der Waals surface area contributed by atoms with Gasteiger partial charge in [0.2, 0.25) is 0 Å². The number of aliphatic carboxylic acids is 1. The maximum atomic E-state index is 13.8. The first kappa shape index (κ1) is 20.5. The summed E-state index contributed by atoms with van der Waals surface area (Å²) in [6.07, 6.45) is 1.84. The molecule has 31 heavy (non-hydrogen) atoms. The molecule has 3 aromatic carbocycles. The fraction of sp³-hybridized carbons (Fsp3) is 0.115. The molecular weight excluding hydrogens is 396 g/mol. The van der Waals surface area contributed by atoms with E-state index in [9.17, 15) is 18.7 Å². The topological polar surface area (TPSA) is 40.5 Å². The molecule has 0 amide bonds. The summed E-state index contributed by atoms with van der Waals surface area (Å²) in [5.74, 6) is -1.61. The van der Waals surface area contributed by atoms with Gasteiger partial charge in [0, 0.05) is 18.4 Å². The van der Waals surface area contributed by atoms with Gasteiger partial charge in [-0.05, 0) is 94.9 Å². The van der Waals surface area contributed by atoms with Gasteiger partial charge < -0.3 is 10.0 Å². The minimum Gasteiger partial charge on any atom is -0.481 e. The van der Waals surface area contributed by atoms with Crippen molar-refractivity contribution in [1.29, 1.82) is 0 Å². The first-order chi connectivity index (χ1) is 14.8. The predicted octanol–water partition coefficient (Wildman–Crippen LogP) is 6.54. The lowest BCUT2D eigenvalue weighted by Gasteiger charge is -2.19. The van der Waals surface area contributed by atoms with Gasteiger partial charge in [-0.1, -0.05) is 18.2 Å². The van der Waals surface area contributed by atoms with Crippen molar-refractivity contribution in [3.8, 4) is 0 Å². The second-order valence-electron chi connectivity index (χ2n) is 7.55. The first-order valence-electron chi connectivity index (χ1n) is 9.87. The zero-order valence-electron chi connectivity index (χ0n) is 17.2. The van der Waals surface area contributed by atoms with E-state index in [1.165, 1.54) is 24.3 Å². The van der Waals surface area contributed by atoms with Crippen LogP contribution in [0.3, 0.4) is 0 Å². The van der Waals surface area contributed by atoms with Crippen LogP contribution in [0.1, 0.15) is 30.0 Å². The van der Waals surface area contributed by atoms with E-state index in [-0.39, 0.29) is 18.1 Å². The fourth-order valence-electron chi connectivity index (χ4n) is 3.91. The normalized spacial score (nSPS) is 14.1. The Bertz CT molecular complexity index is 1210. The Labute approximate surface area is 179 Å². The molecule has 0 bridgehead atoms. The fourth-order valence-corrected chi connectivity index (χ4v) is 3.91. The summed E-state index contributed by atoms with van der Waals surface area (Å²) in [5.41, 5.74) is 6.61. The molecule has 0 saturated carbocycles. The molecular formula is C26H21F2NO2. The molecule has 1 aliphatic carbocycles. The largest absolute Gasteiger partial charge is 0.481 e. The number of hydrogen-bond acceptors (Lipinski definition) is 2. The Morgan fingerprint density at radius 2 is 1.48 bits per heavy atom. The minimum absolute atomic E-state index is 0.152. The lowest BCUT2D eigenvalue weighted by atomic mass is 10.0. The van der Waals surface area contributed by atoms with Gasteiger partial charge in [0.05, 0.1) is 6.42 Å². The number of hydrogen-bond donors (Lipinski definition) is 1. The van der Waals surface area contributed by atoms with Gasteiger partial charge >= 0.3 is 5.97 Å². The van der Waals surface area contributed by atoms with Gasteiger partial charge in [0.25, 0.3) is 0 Å². The average Bonchev–Trinajstić information content (AvgIpc) is 2.99. The molecule has 0 aromatic heterocycles. The van der Waals surface area contributed by atoms with E-state index in [4.69, 9.17) is 0 Å². The molecule has 0 saturated heterocycles. The van der Waals surface area contributed by atoms with E-state index < -0.39 is 5.97 Å². The summed E-state index contributed by atoms with van der Waals surface area (Å²) in [5, 5.41) is 9.28. The monoisotopic (exact) mass is 417 g/mol. The number of nitrogens with zero attached hydrogens (tertiary/aromatic N) is 1. The smallest absolute Gasteiger partial charge is 0.307 e. The third-order valence-corrected chi connectivity index (χ3v) is 5.59. The highest BCUT2D eigenvalue weighted by atomic mass is 19.1. The summed E-state index contributed by atoms with van der Waals surface area (Å²) in [7, 11) is 1.91. The van der Waals surface area contributed by atoms with E-state index >= 15 is 0 Å². The molecule has 0 atom stereocenters. The number of allylic oxidation sites excluding steroid dienone is 2. The molecule has 0 spiro atoms. The molecule has 3 aromatic rings. The number of carbonyl (C=O) groups is 1. The van der Waals surface area contributed by atoms with Crippen molar-refractivity contribution in [3.05, 3.63) is 101 Å². The van der Waals surface area contributed by atoms with Crippen molar-refractivity contribution < 1.29 is 18.7 Å². The van der Waals surface area contributed by atoms with Crippen LogP contribution >= 0.6 is 0 Å². The summed E-state index contributed by atoms with van der Waals surface area (Å²) in [6.45, 7) is 1.87. The van der Waals surface area contributed by atoms with Crippen LogP contribution in [0.4, 0.5) is 20.2 Å². The van der Waals surface area contributed by atoms with Gasteiger partial charge in [0.15, 0.2) is 0 Å². The van der Waals surface area contributed by atoms with Crippen molar-refractivity contribution in [2.24, 2.45) is 0 Å². The molecule has 1 N–H and O–H groups in total. The van der Waals surface area contributed by atoms with Gasteiger partial charge in [-0.2, -0.15) is 0 Å². The van der Waals surface area contributed by atoms with Crippen molar-refractivity contribution in [2.45, 2.75) is 13.3 Å². The number of carboxylic acids is 1. The number of halogens is 2. The second kappa shape index (κ2) is 8.19. The van der Waals surface area contributed by atoms with Crippen molar-refractivity contribution in [2.75, 3.05) is 11.9 Å². The number of carboxylic acid groups (broad SMARTS) is 1. The number of benzene rings is 3. The maximum Gasteiger partial charge on any atom is 0.307 e. The number of rotatable bonds is 5. The van der Waals surface area contributed by atoms with Gasteiger partial charge in [0.1, 0.15) is 11.6 Å². The lowest BCUT2D eigenvalue weighted by molar-refractivity contribution is -0.135. The van der Waals surface area contributed by atoms with Gasteiger partial charge in [-0.25, -0.2) is 8.78 Å². The summed E-state index contributed by atoms with van der Waals surface area (Å²) in [4.78, 5) is 13.3. The molecule has 156 valence electrons. The molecule has 0 radical (unpaired) electrons. The quantitative estimate of drug-likeness (QED) is 0.513. The van der Waals surface area contributed by atoms with Crippen LogP contribution in [-0.2, 0) is 4.79 Å². The van der Waals surface area contributed by atoms with Crippen LogP contribution in [0.5, 0.6) is 0 Å². The Hall–Kier alpha value is -3.73. The standard InChI is InChI=1S/C26H21F2NO2/c1-16-23(22-12-7-19(28)14-25(22)24(16)15-26(30)31)13-17-3-8-20(9-4-17)29(2)21-10-5-18(27)6-11-21/h3-14H,15H2,1-2H3,(H,30,31)/b23-13-. The molecule has 0 heterocycles. The Morgan fingerprint density at radius 3 is 2.10 bits per heavy atom. The van der Waals surface area contributed by atoms with Crippen LogP contribution in [0.25, 0.3) is 17.2 Å². The SMILES string of the molecule is CC1=C(CC(=O)O)c2cc(F)ccc2/C1=C\c1ccc(N(C)c2ccc(F)cc2)cc1. The van der Waals surface area contributed by atoms with Crippen LogP contribution in [0, 0.1) is 11.6 Å². The predicted molar refractivity (Wildman–Crippen MR) is 120 cm³/mol. The Balaban J connectivity index is 1.67. The first-order valence-corrected chi connectivity index (χ1v) is 9.87. The highest BCUT2D eigenvalue weighted by Gasteiger charge is 2.25. The molecule has 5 heteroatoms. The van der Waals surface area contributed by atoms with E-state index in [1.807, 2.05) is 49.2 Å². The molecule has 0 unspecified atom stereocenters. The van der Waals surface area contributed by atoms with Gasteiger partial charge in [-0.15, -0.1) is 0 Å². The summed E-state index contributed by atoms with van der Waals surface area (Å²) < 4.78 is 27.0. The second-order valence-corrected chi connectivity index (χ2v) is 7.55. The average molecular weight is 417 g/mol. The number of fused-ring (bicyclic) bond motifs is 1. The van der Waals surface area contributed by atoms with E-state index in [1.54, 1.807) is 18.2 Å². The summed E-state index contributed by atoms with van der Waals surface area (Å²) in [6, 6.07) is 18.6. The van der Waals surface area contributed by atoms with Crippen LogP contribution in [-0.4, -0.2) is 18.1 Å².